The topological polar surface area (TPSA) is 18.6 Å². The largest absolute Gasteiger partial charge is 0.458 e. The van der Waals surface area contributed by atoms with Crippen molar-refractivity contribution in [1.29, 1.82) is 0 Å². The number of rotatable bonds is 3. The SMILES string of the molecule is [2H]c1cc([2H])c2c(c1[2H])c1c([2H])c([2H])c([2H])c([2H])c1n2-c1c([2H])c([2H])c([2H])c([2H])c1-c1c([2H])c2c3c(c1[2H])-c1c([2H])c([2H])c([2H])c([2H])c1SB3c1c([2H])c([2H])c(-c3c([2H])c4c5c([2H])c([2H])c([2H])c([2H])c5n5c6c([2H])c([2H])c([2H])c([2H])c6c(c3[2H])c45)c([2H])c1O2. The average Bonchev–Trinajstić information content (AvgIpc) is 1.65. The maximum absolute atomic E-state index is 10.2. The molecule has 0 radical (unpaired) electrons. The van der Waals surface area contributed by atoms with Crippen molar-refractivity contribution >= 4 is 88.4 Å². The third kappa shape index (κ3) is 4.30. The minimum Gasteiger partial charge on any atom is -0.458 e. The fraction of sp³-hybridized carbons (Fsp3) is 0. The summed E-state index contributed by atoms with van der Waals surface area (Å²) in [5.74, 6) is -2.92. The number of aromatic nitrogens is 2. The van der Waals surface area contributed by atoms with Gasteiger partial charge in [-0.15, -0.1) is 0 Å². The fourth-order valence-electron chi connectivity index (χ4n) is 8.23. The lowest BCUT2D eigenvalue weighted by atomic mass is 9.57. The normalized spacial score (nSPS) is 20.2. The van der Waals surface area contributed by atoms with E-state index in [0.29, 0.717) is 11.6 Å². The standard InChI is InChI=1S/C54H31BN2OS/c1-7-19-45(56-46-20-8-2-14-36(46)37-15-3-9-21-47(37)56)35(13-1)34-29-41-40-18-6-12-24-52(40)59-55-44-26-25-32(30-50(44)58-51(31-34)53(41)55)33-27-42-38-16-4-10-22-48(38)57-49-23-11-5-17-39(49)43(28-33)54(42)57/h1-31H/i1D,2D,3D,4D,5D,6D,7D,8D,10D,11D,12D,13D,14D,15D,16D,17D,18D,19D,20D,21D,22D,23D,24D,25D,26D,27D,28D,29D,30D,31D. The second-order valence-corrected chi connectivity index (χ2v) is 14.7. The number of para-hydroxylation sites is 5. The van der Waals surface area contributed by atoms with Crippen LogP contribution in [0, 0.1) is 0 Å². The molecule has 14 rings (SSSR count). The quantitative estimate of drug-likeness (QED) is 0.166. The van der Waals surface area contributed by atoms with Crippen LogP contribution in [-0.4, -0.2) is 15.0 Å². The molecule has 5 heterocycles. The first-order valence-electron chi connectivity index (χ1n) is 32.8. The minimum atomic E-state index is -1.56. The molecule has 0 atom stereocenters. The van der Waals surface area contributed by atoms with Crippen LogP contribution >= 0.6 is 11.6 Å². The fourth-order valence-corrected chi connectivity index (χ4v) is 9.48. The maximum Gasteiger partial charge on any atom is 0.289 e. The summed E-state index contributed by atoms with van der Waals surface area (Å²) in [5, 5.41) is -2.21. The molecule has 0 aliphatic carbocycles. The van der Waals surface area contributed by atoms with Gasteiger partial charge in [0, 0.05) is 42.8 Å². The molecule has 12 aromatic rings. The van der Waals surface area contributed by atoms with Gasteiger partial charge in [0.2, 0.25) is 0 Å². The van der Waals surface area contributed by atoms with E-state index in [9.17, 15) is 17.8 Å². The molecule has 9 aromatic carbocycles. The van der Waals surface area contributed by atoms with Crippen molar-refractivity contribution in [2.24, 2.45) is 0 Å². The Morgan fingerprint density at radius 3 is 1.85 bits per heavy atom. The predicted molar refractivity (Wildman–Crippen MR) is 249 cm³/mol. The Labute approximate surface area is 386 Å². The molecule has 0 saturated heterocycles. The molecule has 5 heteroatoms. The van der Waals surface area contributed by atoms with E-state index in [2.05, 4.69) is 0 Å². The Morgan fingerprint density at radius 1 is 0.458 bits per heavy atom. The van der Waals surface area contributed by atoms with E-state index in [0.717, 1.165) is 15.0 Å². The first-order valence-corrected chi connectivity index (χ1v) is 18.7. The van der Waals surface area contributed by atoms with E-state index < -0.39 is 260 Å². The van der Waals surface area contributed by atoms with Crippen LogP contribution in [-0.2, 0) is 0 Å². The number of benzene rings is 9. The smallest absolute Gasteiger partial charge is 0.289 e. The summed E-state index contributed by atoms with van der Waals surface area (Å²) in [6, 6.07) is -23.0. The number of fused-ring (bicyclic) bond motifs is 13. The van der Waals surface area contributed by atoms with Crippen LogP contribution < -0.4 is 15.7 Å². The van der Waals surface area contributed by atoms with Crippen LogP contribution in [0.2, 0.25) is 0 Å². The van der Waals surface area contributed by atoms with Gasteiger partial charge in [-0.25, -0.2) is 0 Å². The van der Waals surface area contributed by atoms with Gasteiger partial charge >= 0.3 is 0 Å². The molecule has 3 nitrogen and oxygen atoms in total. The molecule has 0 spiro atoms. The zero-order chi connectivity index (χ0) is 64.5. The van der Waals surface area contributed by atoms with E-state index in [1.54, 1.807) is 0 Å². The molecule has 0 bridgehead atoms. The number of nitrogens with zero attached hydrogens (tertiary/aromatic N) is 2. The van der Waals surface area contributed by atoms with Gasteiger partial charge in [-0.2, -0.15) is 11.6 Å². The van der Waals surface area contributed by atoms with Crippen molar-refractivity contribution in [1.82, 2.24) is 8.97 Å². The van der Waals surface area contributed by atoms with Gasteiger partial charge in [0.05, 0.1) is 74.4 Å². The molecule has 3 aromatic heterocycles. The zero-order valence-corrected chi connectivity index (χ0v) is 30.2. The summed E-state index contributed by atoms with van der Waals surface area (Å²) >= 11 is 0.658. The van der Waals surface area contributed by atoms with E-state index in [4.69, 9.17) is 28.0 Å². The summed E-state index contributed by atoms with van der Waals surface area (Å²) in [6.45, 7) is 0. The molecule has 0 amide bonds. The molecular weight excluding hydrogens is 735 g/mol. The van der Waals surface area contributed by atoms with Crippen molar-refractivity contribution in [3.05, 3.63) is 187 Å². The van der Waals surface area contributed by atoms with Gasteiger partial charge in [-0.3, -0.25) is 0 Å². The van der Waals surface area contributed by atoms with Crippen LogP contribution in [0.25, 0.3) is 99.0 Å². The molecule has 2 aliphatic rings. The minimum absolute atomic E-state index is 0.202. The Morgan fingerprint density at radius 2 is 1.07 bits per heavy atom. The van der Waals surface area contributed by atoms with Gasteiger partial charge < -0.3 is 13.7 Å². The third-order valence-corrected chi connectivity index (χ3v) is 11.9. The highest BCUT2D eigenvalue weighted by molar-refractivity contribution is 8.28. The van der Waals surface area contributed by atoms with Gasteiger partial charge in [0.15, 0.2) is 0 Å². The molecule has 0 unspecified atom stereocenters. The van der Waals surface area contributed by atoms with Crippen LogP contribution in [0.4, 0.5) is 0 Å². The summed E-state index contributed by atoms with van der Waals surface area (Å²) in [7, 11) is 0. The lowest BCUT2D eigenvalue weighted by Crippen LogP contribution is -2.46. The van der Waals surface area contributed by atoms with E-state index in [1.165, 1.54) is 0 Å². The summed E-state index contributed by atoms with van der Waals surface area (Å²) < 4.78 is 286. The van der Waals surface area contributed by atoms with Gasteiger partial charge in [-0.05, 0) is 105 Å². The van der Waals surface area contributed by atoms with Crippen LogP contribution in [0.3, 0.4) is 0 Å². The van der Waals surface area contributed by atoms with E-state index in [-0.39, 0.29) is 53.9 Å². The van der Waals surface area contributed by atoms with Crippen LogP contribution in [0.5, 0.6) is 11.5 Å². The Hall–Kier alpha value is -7.21. The molecule has 0 saturated carbocycles. The summed E-state index contributed by atoms with van der Waals surface area (Å²) in [4.78, 5) is -0.285. The average molecular weight is 797 g/mol. The second kappa shape index (κ2) is 11.7. The third-order valence-electron chi connectivity index (χ3n) is 10.6. The highest BCUT2D eigenvalue weighted by Crippen LogP contribution is 2.47. The van der Waals surface area contributed by atoms with Crippen molar-refractivity contribution in [2.75, 3.05) is 0 Å². The van der Waals surface area contributed by atoms with Crippen molar-refractivity contribution in [3.8, 4) is 50.6 Å². The second-order valence-electron chi connectivity index (χ2n) is 13.6. The van der Waals surface area contributed by atoms with Crippen molar-refractivity contribution < 1.29 is 45.9 Å². The molecule has 272 valence electrons. The molecule has 0 fully saturated rings. The molecule has 59 heavy (non-hydrogen) atoms. The zero-order valence-electron chi connectivity index (χ0n) is 59.4. The number of ether oxygens (including phenoxy) is 1. The maximum atomic E-state index is 10.2. The monoisotopic (exact) mass is 796 g/mol. The highest BCUT2D eigenvalue weighted by atomic mass is 32.2. The lowest BCUT2D eigenvalue weighted by Gasteiger charge is -2.33. The van der Waals surface area contributed by atoms with Gasteiger partial charge in [0.1, 0.15) is 11.5 Å². The van der Waals surface area contributed by atoms with Gasteiger partial charge in [-0.1, -0.05) is 121 Å². The number of hydrogen-bond donors (Lipinski definition) is 0. The first kappa shape index (κ1) is 14.9. The van der Waals surface area contributed by atoms with Gasteiger partial charge in [0.25, 0.3) is 5.99 Å². The molecular formula is C54H31BN2OS. The summed E-state index contributed by atoms with van der Waals surface area (Å²) in [6.07, 6.45) is 0. The van der Waals surface area contributed by atoms with E-state index in [1.807, 2.05) is 0 Å². The summed E-state index contributed by atoms with van der Waals surface area (Å²) in [5.41, 5.74) is -7.12. The molecule has 0 N–H and O–H groups in total. The first-order chi connectivity index (χ1) is 41.8. The lowest BCUT2D eigenvalue weighted by molar-refractivity contribution is 0.488. The number of hydrogen-bond acceptors (Lipinski definition) is 2. The van der Waals surface area contributed by atoms with Crippen molar-refractivity contribution in [3.63, 3.8) is 0 Å². The molecule has 2 aliphatic heterocycles. The Balaban J connectivity index is 1.14. The van der Waals surface area contributed by atoms with Crippen LogP contribution in [0.1, 0.15) is 41.1 Å². The Bertz CT molecular complexity index is 5410. The Kier molecular flexibility index (Phi) is 2.95. The predicted octanol–water partition coefficient (Wildman–Crippen LogP) is 13.3. The van der Waals surface area contributed by atoms with Crippen LogP contribution in [0.15, 0.2) is 192 Å². The highest BCUT2D eigenvalue weighted by Gasteiger charge is 2.39. The van der Waals surface area contributed by atoms with E-state index >= 15 is 0 Å². The van der Waals surface area contributed by atoms with Crippen molar-refractivity contribution in [2.45, 2.75) is 4.90 Å².